The summed E-state index contributed by atoms with van der Waals surface area (Å²) in [6, 6.07) is 0.0820. The highest BCUT2D eigenvalue weighted by Gasteiger charge is 2.45. The Kier molecular flexibility index (Phi) is 10.2. The summed E-state index contributed by atoms with van der Waals surface area (Å²) in [5, 5.41) is 3.36. The Balaban J connectivity index is 2.10. The highest BCUT2D eigenvalue weighted by molar-refractivity contribution is 5.84. The van der Waals surface area contributed by atoms with E-state index < -0.39 is 11.0 Å². The van der Waals surface area contributed by atoms with Gasteiger partial charge in [0.15, 0.2) is 0 Å². The Morgan fingerprint density at radius 1 is 1.09 bits per heavy atom. The van der Waals surface area contributed by atoms with Crippen molar-refractivity contribution in [2.45, 2.75) is 130 Å². The van der Waals surface area contributed by atoms with Gasteiger partial charge < -0.3 is 15.8 Å². The zero-order valence-electron chi connectivity index (χ0n) is 21.7. The van der Waals surface area contributed by atoms with Crippen LogP contribution in [0, 0.1) is 23.2 Å². The number of unbranched alkanes of at least 4 members (excludes halogenated alkanes) is 1. The topological polar surface area (TPSA) is 98.5 Å². The largest absolute Gasteiger partial charge is 0.460 e. The van der Waals surface area contributed by atoms with E-state index in [1.165, 1.54) is 0 Å². The van der Waals surface area contributed by atoms with E-state index in [1.807, 2.05) is 20.8 Å². The molecule has 2 fully saturated rings. The SMILES string of the molecule is CCCCC1C[C@@H](NC(=O)C2(CC(CCC)C(=O)OC(C)(C)C)CCCC2)CC[C@H]1C(N)=O. The number of hydrogen-bond acceptors (Lipinski definition) is 4. The van der Waals surface area contributed by atoms with Crippen LogP contribution in [-0.2, 0) is 19.1 Å². The maximum Gasteiger partial charge on any atom is 0.309 e. The molecule has 0 aromatic carbocycles. The van der Waals surface area contributed by atoms with Crippen molar-refractivity contribution in [1.82, 2.24) is 5.32 Å². The number of nitrogens with one attached hydrogen (secondary N) is 1. The minimum Gasteiger partial charge on any atom is -0.460 e. The lowest BCUT2D eigenvalue weighted by Crippen LogP contribution is -2.49. The Morgan fingerprint density at radius 2 is 1.76 bits per heavy atom. The summed E-state index contributed by atoms with van der Waals surface area (Å²) in [7, 11) is 0. The lowest BCUT2D eigenvalue weighted by atomic mass is 9.72. The molecule has 2 aliphatic carbocycles. The molecule has 33 heavy (non-hydrogen) atoms. The molecule has 6 nitrogen and oxygen atoms in total. The number of nitrogens with two attached hydrogens (primary N) is 1. The Hall–Kier alpha value is -1.59. The Morgan fingerprint density at radius 3 is 2.30 bits per heavy atom. The third kappa shape index (κ3) is 7.99. The molecule has 0 aromatic rings. The van der Waals surface area contributed by atoms with Crippen LogP contribution in [0.15, 0.2) is 0 Å². The van der Waals surface area contributed by atoms with Gasteiger partial charge in [-0.15, -0.1) is 0 Å². The van der Waals surface area contributed by atoms with Gasteiger partial charge in [-0.1, -0.05) is 46.0 Å². The maximum absolute atomic E-state index is 13.7. The molecule has 0 aliphatic heterocycles. The molecule has 3 N–H and O–H groups in total. The minimum atomic E-state index is -0.527. The fourth-order valence-electron chi connectivity index (χ4n) is 5.98. The predicted molar refractivity (Wildman–Crippen MR) is 131 cm³/mol. The first-order valence-corrected chi connectivity index (χ1v) is 13.3. The smallest absolute Gasteiger partial charge is 0.309 e. The molecule has 0 heterocycles. The van der Waals surface area contributed by atoms with Crippen molar-refractivity contribution in [3.8, 4) is 0 Å². The molecule has 2 unspecified atom stereocenters. The number of carbonyl (C=O) groups is 3. The molecule has 2 aliphatic rings. The van der Waals surface area contributed by atoms with Gasteiger partial charge in [-0.25, -0.2) is 0 Å². The van der Waals surface area contributed by atoms with Crippen LogP contribution in [0.1, 0.15) is 118 Å². The maximum atomic E-state index is 13.7. The fourth-order valence-corrected chi connectivity index (χ4v) is 5.98. The lowest BCUT2D eigenvalue weighted by Gasteiger charge is -2.38. The molecule has 0 spiro atoms. The van der Waals surface area contributed by atoms with Crippen molar-refractivity contribution in [2.24, 2.45) is 28.9 Å². The van der Waals surface area contributed by atoms with Gasteiger partial charge in [-0.2, -0.15) is 0 Å². The van der Waals surface area contributed by atoms with Crippen molar-refractivity contribution in [2.75, 3.05) is 0 Å². The summed E-state index contributed by atoms with van der Waals surface area (Å²) in [6.07, 6.45) is 11.4. The van der Waals surface area contributed by atoms with Gasteiger partial charge in [-0.3, -0.25) is 14.4 Å². The predicted octanol–water partition coefficient (Wildman–Crippen LogP) is 5.27. The van der Waals surface area contributed by atoms with Crippen molar-refractivity contribution >= 4 is 17.8 Å². The first-order chi connectivity index (χ1) is 15.5. The van der Waals surface area contributed by atoms with E-state index in [4.69, 9.17) is 10.5 Å². The van der Waals surface area contributed by atoms with Gasteiger partial charge in [0.1, 0.15) is 5.60 Å². The summed E-state index contributed by atoms with van der Waals surface area (Å²) in [4.78, 5) is 38.6. The van der Waals surface area contributed by atoms with E-state index in [-0.39, 0.29) is 41.6 Å². The molecular weight excluding hydrogens is 416 g/mol. The van der Waals surface area contributed by atoms with Crippen molar-refractivity contribution in [3.05, 3.63) is 0 Å². The summed E-state index contributed by atoms with van der Waals surface area (Å²) in [5.74, 6) is -0.359. The second-order valence-corrected chi connectivity index (χ2v) is 11.6. The second kappa shape index (κ2) is 12.2. The van der Waals surface area contributed by atoms with Crippen molar-refractivity contribution < 1.29 is 19.1 Å². The molecule has 2 rings (SSSR count). The summed E-state index contributed by atoms with van der Waals surface area (Å²) < 4.78 is 5.71. The molecule has 2 saturated carbocycles. The number of carbonyl (C=O) groups excluding carboxylic acids is 3. The fraction of sp³-hybridized carbons (Fsp3) is 0.889. The van der Waals surface area contributed by atoms with Gasteiger partial charge in [-0.05, 0) is 78.1 Å². The summed E-state index contributed by atoms with van der Waals surface area (Å²) in [6.45, 7) is 9.91. The molecule has 0 bridgehead atoms. The third-order valence-corrected chi connectivity index (χ3v) is 7.67. The molecule has 190 valence electrons. The van der Waals surface area contributed by atoms with E-state index in [0.717, 1.165) is 77.0 Å². The Bertz CT molecular complexity index is 664. The van der Waals surface area contributed by atoms with Gasteiger partial charge in [0.25, 0.3) is 0 Å². The van der Waals surface area contributed by atoms with Crippen LogP contribution < -0.4 is 11.1 Å². The molecule has 2 amide bonds. The molecule has 0 radical (unpaired) electrons. The zero-order chi connectivity index (χ0) is 24.6. The molecule has 0 aromatic heterocycles. The number of primary amides is 1. The third-order valence-electron chi connectivity index (χ3n) is 7.67. The van der Waals surface area contributed by atoms with Crippen LogP contribution in [0.3, 0.4) is 0 Å². The zero-order valence-corrected chi connectivity index (χ0v) is 21.7. The van der Waals surface area contributed by atoms with Gasteiger partial charge >= 0.3 is 5.97 Å². The number of amides is 2. The molecule has 0 saturated heterocycles. The lowest BCUT2D eigenvalue weighted by molar-refractivity contribution is -0.162. The van der Waals surface area contributed by atoms with Gasteiger partial charge in [0.05, 0.1) is 11.3 Å². The van der Waals surface area contributed by atoms with E-state index in [0.29, 0.717) is 6.42 Å². The van der Waals surface area contributed by atoms with Crippen LogP contribution in [-0.4, -0.2) is 29.4 Å². The second-order valence-electron chi connectivity index (χ2n) is 11.6. The Labute approximate surface area is 201 Å². The number of rotatable bonds is 11. The summed E-state index contributed by atoms with van der Waals surface area (Å²) >= 11 is 0. The van der Waals surface area contributed by atoms with E-state index >= 15 is 0 Å². The molecule has 4 atom stereocenters. The van der Waals surface area contributed by atoms with E-state index in [2.05, 4.69) is 19.2 Å². The monoisotopic (exact) mass is 464 g/mol. The first-order valence-electron chi connectivity index (χ1n) is 13.3. The van der Waals surface area contributed by atoms with Crippen LogP contribution in [0.25, 0.3) is 0 Å². The van der Waals surface area contributed by atoms with Gasteiger partial charge in [0, 0.05) is 12.0 Å². The average molecular weight is 465 g/mol. The molecular formula is C27H48N2O4. The highest BCUT2D eigenvalue weighted by atomic mass is 16.6. The summed E-state index contributed by atoms with van der Waals surface area (Å²) in [5.41, 5.74) is 4.66. The van der Waals surface area contributed by atoms with Crippen LogP contribution >= 0.6 is 0 Å². The van der Waals surface area contributed by atoms with Gasteiger partial charge in [0.2, 0.25) is 11.8 Å². The van der Waals surface area contributed by atoms with Crippen LogP contribution in [0.2, 0.25) is 0 Å². The van der Waals surface area contributed by atoms with Crippen molar-refractivity contribution in [1.29, 1.82) is 0 Å². The van der Waals surface area contributed by atoms with Crippen molar-refractivity contribution in [3.63, 3.8) is 0 Å². The molecule has 6 heteroatoms. The first kappa shape index (κ1) is 27.7. The van der Waals surface area contributed by atoms with Crippen LogP contribution in [0.5, 0.6) is 0 Å². The number of ether oxygens (including phenoxy) is 1. The normalized spacial score (nSPS) is 25.9. The minimum absolute atomic E-state index is 0.0776. The van der Waals surface area contributed by atoms with E-state index in [9.17, 15) is 14.4 Å². The highest BCUT2D eigenvalue weighted by Crippen LogP contribution is 2.45. The van der Waals surface area contributed by atoms with Crippen LogP contribution in [0.4, 0.5) is 0 Å². The average Bonchev–Trinajstić information content (AvgIpc) is 3.20. The number of hydrogen-bond donors (Lipinski definition) is 2. The quantitative estimate of drug-likeness (QED) is 0.407. The number of esters is 1. The standard InChI is InChI=1S/C27H48N2O4/c1-6-8-12-19-17-21(13-14-22(19)23(28)30)29-25(32)27(15-9-10-16-27)18-20(11-7-2)24(31)33-26(3,4)5/h19-22H,6-18H2,1-5H3,(H2,28,30)(H,29,32)/t19?,20?,21-,22+/m0/s1. The van der Waals surface area contributed by atoms with E-state index in [1.54, 1.807) is 0 Å².